The number of aliphatic hydroxyl groups is 2. The lowest BCUT2D eigenvalue weighted by Gasteiger charge is -2.40. The average molecular weight is 1020 g/mol. The molecule has 1 fully saturated rings. The second-order valence-corrected chi connectivity index (χ2v) is 18.1. The Balaban J connectivity index is 2.78. The summed E-state index contributed by atoms with van der Waals surface area (Å²) < 4.78 is 28.1. The highest BCUT2D eigenvalue weighted by molar-refractivity contribution is 5.74. The maximum absolute atomic E-state index is 13.1. The predicted molar refractivity (Wildman–Crippen MR) is 293 cm³/mol. The van der Waals surface area contributed by atoms with Crippen LogP contribution in [0.2, 0.25) is 0 Å². The van der Waals surface area contributed by atoms with E-state index in [-0.39, 0.29) is 25.9 Å². The quantitative estimate of drug-likeness (QED) is 0.0228. The lowest BCUT2D eigenvalue weighted by Crippen LogP contribution is -2.61. The normalized spacial score (nSPS) is 19.3. The number of aliphatic carboxylic acids is 1. The highest BCUT2D eigenvalue weighted by atomic mass is 16.7. The number of carboxylic acids is 1. The van der Waals surface area contributed by atoms with Gasteiger partial charge in [-0.2, -0.15) is 0 Å². The van der Waals surface area contributed by atoms with Crippen LogP contribution < -0.4 is 0 Å². The number of allylic oxidation sites excluding steroid dienone is 20. The minimum Gasteiger partial charge on any atom is -0.479 e. The summed E-state index contributed by atoms with van der Waals surface area (Å²) in [7, 11) is 0. The van der Waals surface area contributed by atoms with Gasteiger partial charge in [-0.15, -0.1) is 0 Å². The fourth-order valence-corrected chi connectivity index (χ4v) is 7.41. The molecule has 0 aromatic rings. The average Bonchev–Trinajstić information content (AvgIpc) is 3.37. The van der Waals surface area contributed by atoms with Crippen molar-refractivity contribution in [1.29, 1.82) is 0 Å². The van der Waals surface area contributed by atoms with Crippen molar-refractivity contribution in [3.63, 3.8) is 0 Å². The second-order valence-electron chi connectivity index (χ2n) is 18.1. The minimum atomic E-state index is -1.94. The summed E-state index contributed by atoms with van der Waals surface area (Å²) in [5.74, 6) is -3.36. The predicted octanol–water partition coefficient (Wildman–Crippen LogP) is 13.7. The summed E-state index contributed by atoms with van der Waals surface area (Å²) in [6.07, 6.45) is 53.5. The molecule has 0 saturated carbocycles. The first kappa shape index (κ1) is 66.1. The van der Waals surface area contributed by atoms with Crippen LogP contribution >= 0.6 is 0 Å². The Morgan fingerprint density at radius 2 is 0.863 bits per heavy atom. The molecule has 0 radical (unpaired) electrons. The van der Waals surface area contributed by atoms with E-state index in [1.165, 1.54) is 44.9 Å². The molecule has 0 aromatic heterocycles. The van der Waals surface area contributed by atoms with Gasteiger partial charge in [0.1, 0.15) is 18.8 Å². The van der Waals surface area contributed by atoms with E-state index in [9.17, 15) is 34.5 Å². The van der Waals surface area contributed by atoms with E-state index in [1.807, 2.05) is 30.4 Å². The van der Waals surface area contributed by atoms with Gasteiger partial charge in [0, 0.05) is 19.3 Å². The Morgan fingerprint density at radius 1 is 0.466 bits per heavy atom. The van der Waals surface area contributed by atoms with Gasteiger partial charge in [-0.1, -0.05) is 206 Å². The van der Waals surface area contributed by atoms with Gasteiger partial charge in [-0.3, -0.25) is 14.4 Å². The summed E-state index contributed by atoms with van der Waals surface area (Å²) in [5.41, 5.74) is 0. The van der Waals surface area contributed by atoms with Crippen molar-refractivity contribution in [3.8, 4) is 0 Å². The largest absolute Gasteiger partial charge is 0.479 e. The van der Waals surface area contributed by atoms with Gasteiger partial charge in [-0.05, 0) is 83.5 Å². The fraction of sp³-hybridized carbons (Fsp3) is 0.607. The summed E-state index contributed by atoms with van der Waals surface area (Å²) in [5, 5.41) is 31.4. The van der Waals surface area contributed by atoms with E-state index >= 15 is 0 Å². The number of unbranched alkanes of at least 4 members (excludes halogenated alkanes) is 10. The van der Waals surface area contributed by atoms with Crippen molar-refractivity contribution >= 4 is 23.9 Å². The molecule has 1 aliphatic heterocycles. The van der Waals surface area contributed by atoms with Gasteiger partial charge >= 0.3 is 23.9 Å². The molecule has 1 saturated heterocycles. The lowest BCUT2D eigenvalue weighted by molar-refractivity contribution is -0.301. The molecule has 6 unspecified atom stereocenters. The Bertz CT molecular complexity index is 1730. The molecule has 0 amide bonds. The van der Waals surface area contributed by atoms with Gasteiger partial charge in [0.25, 0.3) is 0 Å². The SMILES string of the molecule is CC/C=C\C/C=C\C/C=C\C/C=C\C/C=C\C/C=C\CCC(=O)OC1C(OCC(COC(=O)CC/C=C\C/C=C\C/C=C\C/C=C\CC)OC(=O)CCCCCCCCCCCCC)OC(C(=O)O)C(O)C1O. The van der Waals surface area contributed by atoms with Crippen LogP contribution in [0.4, 0.5) is 0 Å². The van der Waals surface area contributed by atoms with Crippen molar-refractivity contribution in [2.75, 3.05) is 13.2 Å². The monoisotopic (exact) mass is 1020 g/mol. The van der Waals surface area contributed by atoms with E-state index in [0.29, 0.717) is 25.7 Å². The van der Waals surface area contributed by atoms with Crippen LogP contribution in [0.15, 0.2) is 122 Å². The van der Waals surface area contributed by atoms with Crippen LogP contribution in [0.5, 0.6) is 0 Å². The number of esters is 3. The lowest BCUT2D eigenvalue weighted by atomic mass is 9.98. The topological polar surface area (TPSA) is 175 Å². The van der Waals surface area contributed by atoms with Gasteiger partial charge in [0.2, 0.25) is 0 Å². The third kappa shape index (κ3) is 38.4. The summed E-state index contributed by atoms with van der Waals surface area (Å²) in [6, 6.07) is 0. The first-order valence-electron chi connectivity index (χ1n) is 27.5. The van der Waals surface area contributed by atoms with Crippen LogP contribution in [0.1, 0.15) is 188 Å². The molecule has 6 atom stereocenters. The molecule has 0 aliphatic carbocycles. The maximum atomic E-state index is 13.1. The van der Waals surface area contributed by atoms with Crippen LogP contribution in [0, 0.1) is 0 Å². The molecule has 1 rings (SSSR count). The van der Waals surface area contributed by atoms with E-state index in [2.05, 4.69) is 112 Å². The first-order chi connectivity index (χ1) is 35.6. The number of hydrogen-bond donors (Lipinski definition) is 3. The highest BCUT2D eigenvalue weighted by Crippen LogP contribution is 2.26. The molecule has 0 bridgehead atoms. The van der Waals surface area contributed by atoms with E-state index in [4.69, 9.17) is 23.7 Å². The van der Waals surface area contributed by atoms with Crippen LogP contribution in [0.25, 0.3) is 0 Å². The molecule has 73 heavy (non-hydrogen) atoms. The fourth-order valence-electron chi connectivity index (χ4n) is 7.41. The molecule has 410 valence electrons. The Kier molecular flexibility index (Phi) is 43.6. The third-order valence-corrected chi connectivity index (χ3v) is 11.6. The van der Waals surface area contributed by atoms with Crippen LogP contribution in [-0.4, -0.2) is 89.2 Å². The Morgan fingerprint density at radius 3 is 1.29 bits per heavy atom. The standard InChI is InChI=1S/C61H94O12/c1-4-7-10-13-16-19-22-24-25-26-27-28-29-31-34-37-40-43-46-49-55(64)72-59-57(66)56(65)58(60(67)68)73-61(59)70-51-52(71-54(63)48-45-42-39-36-32-21-18-15-12-9-6-3)50-69-53(62)47-44-41-38-35-33-30-23-20-17-14-11-8-5-2/h7-8,10-11,16-17,19-20,24-25,27-28,30-31,33-34,38,40-41,43,52,56-59,61,65-66H,4-6,9,12-15,18,21-23,26,29,32,35-37,39,42,44-51H2,1-3H3,(H,67,68)/b10-7-,11-8-,19-16-,20-17-,25-24-,28-27-,33-30-,34-31-,41-38-,43-40-. The summed E-state index contributed by atoms with van der Waals surface area (Å²) in [6.45, 7) is 5.62. The van der Waals surface area contributed by atoms with Crippen molar-refractivity contribution in [3.05, 3.63) is 122 Å². The number of rotatable bonds is 44. The molecule has 1 aliphatic rings. The summed E-state index contributed by atoms with van der Waals surface area (Å²) in [4.78, 5) is 50.9. The van der Waals surface area contributed by atoms with Crippen LogP contribution in [-0.2, 0) is 42.9 Å². The number of hydrogen-bond acceptors (Lipinski definition) is 11. The number of ether oxygens (including phenoxy) is 5. The molecule has 0 aromatic carbocycles. The number of carbonyl (C=O) groups excluding carboxylic acids is 3. The minimum absolute atomic E-state index is 0.0767. The molecule has 3 N–H and O–H groups in total. The first-order valence-corrected chi connectivity index (χ1v) is 27.5. The smallest absolute Gasteiger partial charge is 0.335 e. The zero-order chi connectivity index (χ0) is 53.3. The van der Waals surface area contributed by atoms with Gasteiger partial charge < -0.3 is 39.0 Å². The maximum Gasteiger partial charge on any atom is 0.335 e. The van der Waals surface area contributed by atoms with Gasteiger partial charge in [0.05, 0.1) is 6.61 Å². The molecular weight excluding hydrogens is 925 g/mol. The number of carboxylic acid groups (broad SMARTS) is 1. The number of carbonyl (C=O) groups is 4. The van der Waals surface area contributed by atoms with Crippen molar-refractivity contribution in [1.82, 2.24) is 0 Å². The molecule has 12 heteroatoms. The van der Waals surface area contributed by atoms with E-state index in [1.54, 1.807) is 0 Å². The molecular formula is C61H94O12. The van der Waals surface area contributed by atoms with E-state index in [0.717, 1.165) is 77.0 Å². The Hall–Kier alpha value is -4.88. The van der Waals surface area contributed by atoms with Crippen molar-refractivity contribution in [2.45, 2.75) is 225 Å². The van der Waals surface area contributed by atoms with E-state index < -0.39 is 67.3 Å². The molecule has 0 spiro atoms. The van der Waals surface area contributed by atoms with Crippen molar-refractivity contribution < 1.29 is 58.2 Å². The number of aliphatic hydroxyl groups excluding tert-OH is 2. The molecule has 12 nitrogen and oxygen atoms in total. The Labute approximate surface area is 439 Å². The zero-order valence-electron chi connectivity index (χ0n) is 44.8. The van der Waals surface area contributed by atoms with Crippen molar-refractivity contribution in [2.24, 2.45) is 0 Å². The second kappa shape index (κ2) is 48.1. The summed E-state index contributed by atoms with van der Waals surface area (Å²) >= 11 is 0. The van der Waals surface area contributed by atoms with Gasteiger partial charge in [0.15, 0.2) is 24.6 Å². The van der Waals surface area contributed by atoms with Gasteiger partial charge in [-0.25, -0.2) is 4.79 Å². The molecule has 1 heterocycles. The highest BCUT2D eigenvalue weighted by Gasteiger charge is 2.50. The zero-order valence-corrected chi connectivity index (χ0v) is 44.8. The third-order valence-electron chi connectivity index (χ3n) is 11.6. The van der Waals surface area contributed by atoms with Crippen LogP contribution in [0.3, 0.4) is 0 Å².